The van der Waals surface area contributed by atoms with Crippen LogP contribution in [0, 0.1) is 11.3 Å². The van der Waals surface area contributed by atoms with E-state index in [1.807, 2.05) is 6.92 Å². The molecule has 0 saturated heterocycles. The van der Waals surface area contributed by atoms with Gasteiger partial charge in [-0.1, -0.05) is 0 Å². The van der Waals surface area contributed by atoms with Crippen molar-refractivity contribution in [2.75, 3.05) is 11.1 Å². The summed E-state index contributed by atoms with van der Waals surface area (Å²) in [6.07, 6.45) is 0.277. The van der Waals surface area contributed by atoms with Crippen molar-refractivity contribution in [2.45, 2.75) is 32.4 Å². The third-order valence-corrected chi connectivity index (χ3v) is 2.28. The fourth-order valence-corrected chi connectivity index (χ4v) is 1.59. The molecule has 2 unspecified atom stereocenters. The van der Waals surface area contributed by atoms with E-state index in [1.165, 1.54) is 0 Å². The zero-order chi connectivity index (χ0) is 12.1. The van der Waals surface area contributed by atoms with E-state index in [-0.39, 0.29) is 12.1 Å². The normalized spacial score (nSPS) is 13.9. The van der Waals surface area contributed by atoms with E-state index in [9.17, 15) is 5.11 Å². The standard InChI is InChI=1S/C12H17N3O/c1-8(5-9(2)16)15-12-6-10(7-13)3-4-11(12)14/h3-4,6,8-9,15-16H,5,14H2,1-2H3. The molecule has 0 aliphatic carbocycles. The van der Waals surface area contributed by atoms with Crippen molar-refractivity contribution in [1.29, 1.82) is 5.26 Å². The maximum Gasteiger partial charge on any atom is 0.0992 e. The second kappa shape index (κ2) is 5.38. The monoisotopic (exact) mass is 219 g/mol. The molecule has 0 aliphatic heterocycles. The quantitative estimate of drug-likeness (QED) is 0.673. The fourth-order valence-electron chi connectivity index (χ4n) is 1.59. The summed E-state index contributed by atoms with van der Waals surface area (Å²) in [7, 11) is 0. The predicted octanol–water partition coefficient (Wildman–Crippen LogP) is 1.71. The Morgan fingerprint density at radius 3 is 2.75 bits per heavy atom. The Bertz CT molecular complexity index is 396. The highest BCUT2D eigenvalue weighted by Gasteiger charge is 2.08. The van der Waals surface area contributed by atoms with E-state index in [0.717, 1.165) is 5.69 Å². The van der Waals surface area contributed by atoms with Crippen LogP contribution < -0.4 is 11.1 Å². The smallest absolute Gasteiger partial charge is 0.0992 e. The minimum atomic E-state index is -0.358. The number of nitriles is 1. The molecule has 1 rings (SSSR count). The summed E-state index contributed by atoms with van der Waals surface area (Å²) in [4.78, 5) is 0. The Morgan fingerprint density at radius 1 is 1.50 bits per heavy atom. The van der Waals surface area contributed by atoms with Crippen LogP contribution >= 0.6 is 0 Å². The summed E-state index contributed by atoms with van der Waals surface area (Å²) in [5.41, 5.74) is 7.71. The van der Waals surface area contributed by atoms with Gasteiger partial charge in [0.25, 0.3) is 0 Å². The number of benzene rings is 1. The van der Waals surface area contributed by atoms with E-state index in [0.29, 0.717) is 17.7 Å². The molecule has 0 spiro atoms. The summed E-state index contributed by atoms with van der Waals surface area (Å²) in [6.45, 7) is 3.71. The van der Waals surface area contributed by atoms with Crippen LogP contribution in [0.15, 0.2) is 18.2 Å². The lowest BCUT2D eigenvalue weighted by Crippen LogP contribution is -2.21. The molecule has 0 radical (unpaired) electrons. The highest BCUT2D eigenvalue weighted by atomic mass is 16.3. The molecule has 1 aromatic carbocycles. The number of anilines is 2. The molecule has 4 heteroatoms. The number of nitrogens with one attached hydrogen (secondary N) is 1. The van der Waals surface area contributed by atoms with E-state index < -0.39 is 0 Å². The first-order chi connectivity index (χ1) is 7.52. The number of aliphatic hydroxyl groups is 1. The van der Waals surface area contributed by atoms with E-state index >= 15 is 0 Å². The van der Waals surface area contributed by atoms with Gasteiger partial charge in [-0.2, -0.15) is 5.26 Å². The Hall–Kier alpha value is -1.73. The largest absolute Gasteiger partial charge is 0.397 e. The van der Waals surface area contributed by atoms with Crippen LogP contribution in [0.25, 0.3) is 0 Å². The topological polar surface area (TPSA) is 82.1 Å². The number of hydrogen-bond acceptors (Lipinski definition) is 4. The van der Waals surface area contributed by atoms with Crippen molar-refractivity contribution in [3.8, 4) is 6.07 Å². The molecule has 0 saturated carbocycles. The number of aliphatic hydroxyl groups excluding tert-OH is 1. The van der Waals surface area contributed by atoms with Gasteiger partial charge < -0.3 is 16.2 Å². The molecule has 0 heterocycles. The van der Waals surface area contributed by atoms with Gasteiger partial charge in [-0.15, -0.1) is 0 Å². The second-order valence-electron chi connectivity index (χ2n) is 4.04. The van der Waals surface area contributed by atoms with Crippen molar-refractivity contribution in [2.24, 2.45) is 0 Å². The Morgan fingerprint density at radius 2 is 2.19 bits per heavy atom. The van der Waals surface area contributed by atoms with Crippen molar-refractivity contribution in [1.82, 2.24) is 0 Å². The lowest BCUT2D eigenvalue weighted by atomic mass is 10.1. The third kappa shape index (κ3) is 3.44. The van der Waals surface area contributed by atoms with E-state index in [2.05, 4.69) is 11.4 Å². The molecule has 1 aromatic rings. The Labute approximate surface area is 95.7 Å². The zero-order valence-electron chi connectivity index (χ0n) is 9.57. The molecule has 2 atom stereocenters. The molecule has 4 N–H and O–H groups in total. The lowest BCUT2D eigenvalue weighted by Gasteiger charge is -2.18. The van der Waals surface area contributed by atoms with Crippen LogP contribution in [0.1, 0.15) is 25.8 Å². The Balaban J connectivity index is 2.76. The maximum absolute atomic E-state index is 9.25. The van der Waals surface area contributed by atoms with Gasteiger partial charge >= 0.3 is 0 Å². The van der Waals surface area contributed by atoms with Crippen LogP contribution in [0.4, 0.5) is 11.4 Å². The van der Waals surface area contributed by atoms with E-state index in [1.54, 1.807) is 25.1 Å². The number of nitrogens with two attached hydrogens (primary N) is 1. The molecule has 4 nitrogen and oxygen atoms in total. The van der Waals surface area contributed by atoms with Gasteiger partial charge in [-0.05, 0) is 38.5 Å². The fraction of sp³-hybridized carbons (Fsp3) is 0.417. The van der Waals surface area contributed by atoms with Gasteiger partial charge in [0.05, 0.1) is 29.1 Å². The van der Waals surface area contributed by atoms with Gasteiger partial charge in [0, 0.05) is 6.04 Å². The number of rotatable bonds is 4. The minimum absolute atomic E-state index is 0.108. The molecule has 0 bridgehead atoms. The molecule has 0 fully saturated rings. The van der Waals surface area contributed by atoms with Gasteiger partial charge in [0.1, 0.15) is 0 Å². The molecular weight excluding hydrogens is 202 g/mol. The minimum Gasteiger partial charge on any atom is -0.397 e. The van der Waals surface area contributed by atoms with Crippen LogP contribution in [0.2, 0.25) is 0 Å². The predicted molar refractivity (Wildman–Crippen MR) is 65.0 cm³/mol. The Kier molecular flexibility index (Phi) is 4.15. The molecule has 0 aromatic heterocycles. The third-order valence-electron chi connectivity index (χ3n) is 2.28. The first kappa shape index (κ1) is 12.3. The van der Waals surface area contributed by atoms with Crippen LogP contribution in [0.5, 0.6) is 0 Å². The van der Waals surface area contributed by atoms with Crippen molar-refractivity contribution in [3.05, 3.63) is 23.8 Å². The summed E-state index contributed by atoms with van der Waals surface area (Å²) in [5.74, 6) is 0. The van der Waals surface area contributed by atoms with Gasteiger partial charge in [-0.3, -0.25) is 0 Å². The first-order valence-electron chi connectivity index (χ1n) is 5.27. The van der Waals surface area contributed by atoms with Gasteiger partial charge in [0.15, 0.2) is 0 Å². The molecular formula is C12H17N3O. The summed E-state index contributed by atoms with van der Waals surface area (Å²) in [6, 6.07) is 7.27. The highest BCUT2D eigenvalue weighted by molar-refractivity contribution is 5.68. The van der Waals surface area contributed by atoms with Gasteiger partial charge in [0.2, 0.25) is 0 Å². The second-order valence-corrected chi connectivity index (χ2v) is 4.04. The summed E-state index contributed by atoms with van der Waals surface area (Å²) < 4.78 is 0. The van der Waals surface area contributed by atoms with Crippen LogP contribution in [0.3, 0.4) is 0 Å². The highest BCUT2D eigenvalue weighted by Crippen LogP contribution is 2.21. The van der Waals surface area contributed by atoms with Crippen molar-refractivity contribution < 1.29 is 5.11 Å². The van der Waals surface area contributed by atoms with E-state index in [4.69, 9.17) is 11.0 Å². The van der Waals surface area contributed by atoms with Crippen LogP contribution in [-0.2, 0) is 0 Å². The molecule has 0 aliphatic rings. The maximum atomic E-state index is 9.25. The number of hydrogen-bond donors (Lipinski definition) is 3. The number of nitrogen functional groups attached to an aromatic ring is 1. The summed E-state index contributed by atoms with van der Waals surface area (Å²) >= 11 is 0. The SMILES string of the molecule is CC(O)CC(C)Nc1cc(C#N)ccc1N. The van der Waals surface area contributed by atoms with Crippen LogP contribution in [-0.4, -0.2) is 17.3 Å². The molecule has 16 heavy (non-hydrogen) atoms. The lowest BCUT2D eigenvalue weighted by molar-refractivity contribution is 0.179. The van der Waals surface area contributed by atoms with Crippen molar-refractivity contribution >= 4 is 11.4 Å². The van der Waals surface area contributed by atoms with Crippen molar-refractivity contribution in [3.63, 3.8) is 0 Å². The summed E-state index contributed by atoms with van der Waals surface area (Å²) in [5, 5.41) is 21.2. The average Bonchev–Trinajstić information content (AvgIpc) is 2.20. The van der Waals surface area contributed by atoms with Gasteiger partial charge in [-0.25, -0.2) is 0 Å². The molecule has 86 valence electrons. The molecule has 0 amide bonds. The number of nitrogens with zero attached hydrogens (tertiary/aromatic N) is 1. The zero-order valence-corrected chi connectivity index (χ0v) is 9.57. The average molecular weight is 219 g/mol. The first-order valence-corrected chi connectivity index (χ1v) is 5.27.